The summed E-state index contributed by atoms with van der Waals surface area (Å²) in [4.78, 5) is 13.6. The first-order valence-electron chi connectivity index (χ1n) is 12.2. The number of benzene rings is 1. The first kappa shape index (κ1) is 24.4. The summed E-state index contributed by atoms with van der Waals surface area (Å²) in [5, 5.41) is 9.57. The lowest BCUT2D eigenvalue weighted by molar-refractivity contribution is 0.258. The van der Waals surface area contributed by atoms with Crippen molar-refractivity contribution in [3.05, 3.63) is 73.3 Å². The zero-order chi connectivity index (χ0) is 24.6. The molecule has 0 spiro atoms. The van der Waals surface area contributed by atoms with Crippen molar-refractivity contribution in [3.8, 4) is 11.1 Å². The van der Waals surface area contributed by atoms with E-state index >= 15 is 0 Å². The van der Waals surface area contributed by atoms with Gasteiger partial charge in [0.15, 0.2) is 0 Å². The third-order valence-electron chi connectivity index (χ3n) is 6.26. The maximum atomic E-state index is 4.44. The number of pyridine rings is 2. The molecule has 0 saturated carbocycles. The smallest absolute Gasteiger partial charge is 0.129 e. The number of anilines is 2. The highest BCUT2D eigenvalue weighted by Crippen LogP contribution is 2.25. The molecule has 4 heterocycles. The van der Waals surface area contributed by atoms with Gasteiger partial charge in [-0.1, -0.05) is 31.7 Å². The number of hydrogen-bond acceptors (Lipinski definition) is 6. The van der Waals surface area contributed by atoms with E-state index < -0.39 is 0 Å². The monoisotopic (exact) mass is 469 g/mol. The third kappa shape index (κ3) is 6.25. The van der Waals surface area contributed by atoms with Crippen LogP contribution in [-0.4, -0.2) is 64.4 Å². The maximum Gasteiger partial charge on any atom is 0.129 e. The van der Waals surface area contributed by atoms with Crippen molar-refractivity contribution < 1.29 is 0 Å². The van der Waals surface area contributed by atoms with E-state index in [0.717, 1.165) is 54.3 Å². The number of rotatable bonds is 6. The lowest BCUT2D eigenvalue weighted by Gasteiger charge is -2.35. The molecule has 0 bridgehead atoms. The van der Waals surface area contributed by atoms with Crippen LogP contribution < -0.4 is 10.2 Å². The Morgan fingerprint density at radius 2 is 1.80 bits per heavy atom. The minimum absolute atomic E-state index is 0.880. The van der Waals surface area contributed by atoms with E-state index in [1.54, 1.807) is 0 Å². The van der Waals surface area contributed by atoms with Gasteiger partial charge in [0.25, 0.3) is 0 Å². The van der Waals surface area contributed by atoms with E-state index in [2.05, 4.69) is 74.0 Å². The molecular formula is C28H35N7. The Balaban J connectivity index is 0.000000165. The summed E-state index contributed by atoms with van der Waals surface area (Å²) in [6.07, 6.45) is 10.8. The molecule has 0 radical (unpaired) electrons. The van der Waals surface area contributed by atoms with Gasteiger partial charge in [0, 0.05) is 69.8 Å². The molecule has 1 fully saturated rings. The van der Waals surface area contributed by atoms with E-state index in [4.69, 9.17) is 0 Å². The molecule has 0 amide bonds. The molecule has 1 aliphatic heterocycles. The van der Waals surface area contributed by atoms with E-state index in [0.29, 0.717) is 0 Å². The van der Waals surface area contributed by atoms with Crippen LogP contribution in [0.2, 0.25) is 0 Å². The highest BCUT2D eigenvalue weighted by atomic mass is 15.3. The third-order valence-corrected chi connectivity index (χ3v) is 6.26. The van der Waals surface area contributed by atoms with Gasteiger partial charge in [0.05, 0.1) is 6.20 Å². The molecule has 1 saturated heterocycles. The zero-order valence-electron chi connectivity index (χ0n) is 21.0. The molecule has 3 aromatic heterocycles. The summed E-state index contributed by atoms with van der Waals surface area (Å²) >= 11 is 0. The number of aryl methyl sites for hydroxylation is 1. The van der Waals surface area contributed by atoms with Gasteiger partial charge in [0.1, 0.15) is 11.6 Å². The molecule has 1 aromatic carbocycles. The second kappa shape index (κ2) is 11.6. The van der Waals surface area contributed by atoms with Crippen LogP contribution in [0.3, 0.4) is 0 Å². The van der Waals surface area contributed by atoms with Crippen LogP contribution >= 0.6 is 0 Å². The number of piperazine rings is 1. The van der Waals surface area contributed by atoms with Crippen molar-refractivity contribution in [1.29, 1.82) is 0 Å². The molecular weight excluding hydrogens is 434 g/mol. The van der Waals surface area contributed by atoms with Gasteiger partial charge >= 0.3 is 0 Å². The van der Waals surface area contributed by atoms with E-state index in [9.17, 15) is 0 Å². The van der Waals surface area contributed by atoms with E-state index in [1.807, 2.05) is 55.7 Å². The summed E-state index contributed by atoms with van der Waals surface area (Å²) < 4.78 is 1.81. The molecule has 0 unspecified atom stereocenters. The van der Waals surface area contributed by atoms with Gasteiger partial charge in [-0.2, -0.15) is 5.10 Å². The average Bonchev–Trinajstić information content (AvgIpc) is 3.35. The molecule has 7 heteroatoms. The van der Waals surface area contributed by atoms with Crippen LogP contribution in [0, 0.1) is 0 Å². The molecule has 7 nitrogen and oxygen atoms in total. The summed E-state index contributed by atoms with van der Waals surface area (Å²) in [7, 11) is 3.80. The predicted molar refractivity (Wildman–Crippen MR) is 147 cm³/mol. The van der Waals surface area contributed by atoms with Gasteiger partial charge in [-0.25, -0.2) is 9.97 Å². The fraction of sp³-hybridized carbons (Fsp3) is 0.321. The fourth-order valence-electron chi connectivity index (χ4n) is 4.28. The molecule has 0 atom stereocenters. The summed E-state index contributed by atoms with van der Waals surface area (Å²) in [6, 6.07) is 12.5. The van der Waals surface area contributed by atoms with Gasteiger partial charge in [0.2, 0.25) is 0 Å². The SMILES string of the molecule is C=Cc1ccnc(N2CCN(CCC)CC2)c1.CNc1cc2cc(-c3cnn(C)c3)ccc2cn1. The fourth-order valence-corrected chi connectivity index (χ4v) is 4.28. The Hall–Kier alpha value is -3.71. The van der Waals surface area contributed by atoms with Crippen LogP contribution in [-0.2, 0) is 7.05 Å². The number of aromatic nitrogens is 4. The lowest BCUT2D eigenvalue weighted by Crippen LogP contribution is -2.46. The van der Waals surface area contributed by atoms with Gasteiger partial charge in [-0.3, -0.25) is 9.58 Å². The second-order valence-corrected chi connectivity index (χ2v) is 8.76. The molecule has 1 N–H and O–H groups in total. The summed E-state index contributed by atoms with van der Waals surface area (Å²) in [6.45, 7) is 11.7. The largest absolute Gasteiger partial charge is 0.373 e. The lowest BCUT2D eigenvalue weighted by atomic mass is 10.1. The van der Waals surface area contributed by atoms with E-state index in [1.165, 1.54) is 23.9 Å². The number of nitrogens with zero attached hydrogens (tertiary/aromatic N) is 6. The highest BCUT2D eigenvalue weighted by molar-refractivity contribution is 5.88. The summed E-state index contributed by atoms with van der Waals surface area (Å²) in [5.74, 6) is 1.96. The van der Waals surface area contributed by atoms with Crippen molar-refractivity contribution in [2.45, 2.75) is 13.3 Å². The van der Waals surface area contributed by atoms with Gasteiger partial charge in [-0.15, -0.1) is 0 Å². The van der Waals surface area contributed by atoms with Crippen molar-refractivity contribution in [3.63, 3.8) is 0 Å². The molecule has 1 aliphatic rings. The number of nitrogens with one attached hydrogen (secondary N) is 1. The standard InChI is InChI=1S/C14H14N4.C14H21N3/c1-15-14-6-12-5-10(3-4-11(12)7-16-14)13-8-17-18(2)9-13;1-3-7-16-8-10-17(11-9-16)14-12-13(4-2)5-6-15-14/h3-9H,1-2H3,(H,15,16);4-6,12H,2-3,7-11H2,1H3. The van der Waals surface area contributed by atoms with Crippen molar-refractivity contribution >= 4 is 28.5 Å². The number of hydrogen-bond donors (Lipinski definition) is 1. The van der Waals surface area contributed by atoms with Gasteiger partial charge in [-0.05, 0) is 53.7 Å². The van der Waals surface area contributed by atoms with Crippen LogP contribution in [0.25, 0.3) is 28.0 Å². The minimum Gasteiger partial charge on any atom is -0.373 e. The van der Waals surface area contributed by atoms with Crippen LogP contribution in [0.1, 0.15) is 18.9 Å². The molecule has 35 heavy (non-hydrogen) atoms. The summed E-state index contributed by atoms with van der Waals surface area (Å²) in [5.41, 5.74) is 3.44. The first-order chi connectivity index (χ1) is 17.1. The van der Waals surface area contributed by atoms with Gasteiger partial charge < -0.3 is 10.2 Å². The predicted octanol–water partition coefficient (Wildman–Crippen LogP) is 4.93. The van der Waals surface area contributed by atoms with Crippen LogP contribution in [0.15, 0.2) is 67.8 Å². The van der Waals surface area contributed by atoms with Crippen molar-refractivity contribution in [2.24, 2.45) is 7.05 Å². The Morgan fingerprint density at radius 1 is 0.971 bits per heavy atom. The second-order valence-electron chi connectivity index (χ2n) is 8.76. The Labute approximate surface area is 208 Å². The van der Waals surface area contributed by atoms with Crippen molar-refractivity contribution in [2.75, 3.05) is 50.0 Å². The normalized spacial score (nSPS) is 13.9. The molecule has 5 rings (SSSR count). The first-order valence-corrected chi connectivity index (χ1v) is 12.2. The quantitative estimate of drug-likeness (QED) is 0.432. The molecule has 182 valence electrons. The highest BCUT2D eigenvalue weighted by Gasteiger charge is 2.17. The Bertz CT molecular complexity index is 1260. The maximum absolute atomic E-state index is 4.44. The molecule has 4 aromatic rings. The average molecular weight is 470 g/mol. The van der Waals surface area contributed by atoms with Crippen LogP contribution in [0.4, 0.5) is 11.6 Å². The van der Waals surface area contributed by atoms with Crippen LogP contribution in [0.5, 0.6) is 0 Å². The Kier molecular flexibility index (Phi) is 8.11. The topological polar surface area (TPSA) is 62.1 Å². The Morgan fingerprint density at radius 3 is 2.49 bits per heavy atom. The van der Waals surface area contributed by atoms with Crippen molar-refractivity contribution in [1.82, 2.24) is 24.6 Å². The molecule has 0 aliphatic carbocycles. The number of fused-ring (bicyclic) bond motifs is 1. The van der Waals surface area contributed by atoms with E-state index in [-0.39, 0.29) is 0 Å². The zero-order valence-corrected chi connectivity index (χ0v) is 21.0. The minimum atomic E-state index is 0.880.